The Labute approximate surface area is 121 Å². The normalized spacial score (nSPS) is 9.90. The number of nitrogens with two attached hydrogens (primary N) is 1. The zero-order chi connectivity index (χ0) is 14.4. The maximum absolute atomic E-state index is 5.90. The van der Waals surface area contributed by atoms with Gasteiger partial charge in [-0.05, 0) is 54.3 Å². The lowest BCUT2D eigenvalue weighted by Crippen LogP contribution is -1.93. The molecular formula is C19H21N. The van der Waals surface area contributed by atoms with E-state index in [1.54, 1.807) is 0 Å². The highest BCUT2D eigenvalue weighted by Crippen LogP contribution is 2.14. The van der Waals surface area contributed by atoms with Crippen molar-refractivity contribution in [3.63, 3.8) is 0 Å². The second-order valence-corrected chi connectivity index (χ2v) is 4.96. The van der Waals surface area contributed by atoms with Crippen molar-refractivity contribution >= 4 is 5.69 Å². The zero-order valence-corrected chi connectivity index (χ0v) is 12.2. The van der Waals surface area contributed by atoms with Gasteiger partial charge in [-0.3, -0.25) is 0 Å². The summed E-state index contributed by atoms with van der Waals surface area (Å²) in [5.41, 5.74) is 11.4. The number of hydrogen-bond acceptors (Lipinski definition) is 1. The van der Waals surface area contributed by atoms with Gasteiger partial charge in [-0.25, -0.2) is 0 Å². The number of anilines is 1. The highest BCUT2D eigenvalue weighted by molar-refractivity contribution is 5.53. The molecule has 0 saturated carbocycles. The first-order valence-corrected chi connectivity index (χ1v) is 7.22. The monoisotopic (exact) mass is 263 g/mol. The van der Waals surface area contributed by atoms with Crippen LogP contribution in [0.25, 0.3) is 0 Å². The molecule has 0 fully saturated rings. The molecule has 0 aromatic heterocycles. The minimum Gasteiger partial charge on any atom is -0.399 e. The van der Waals surface area contributed by atoms with Crippen LogP contribution >= 0.6 is 0 Å². The predicted octanol–water partition coefficient (Wildman–Crippen LogP) is 4.18. The van der Waals surface area contributed by atoms with Gasteiger partial charge >= 0.3 is 0 Å². The van der Waals surface area contributed by atoms with Crippen LogP contribution in [0, 0.1) is 11.8 Å². The van der Waals surface area contributed by atoms with Gasteiger partial charge in [-0.15, -0.1) is 0 Å². The summed E-state index contributed by atoms with van der Waals surface area (Å²) in [4.78, 5) is 0. The molecule has 2 rings (SSSR count). The van der Waals surface area contributed by atoms with E-state index >= 15 is 0 Å². The molecule has 2 N–H and O–H groups in total. The van der Waals surface area contributed by atoms with Crippen LogP contribution in [0.3, 0.4) is 0 Å². The lowest BCUT2D eigenvalue weighted by atomic mass is 10.1. The molecule has 20 heavy (non-hydrogen) atoms. The zero-order valence-electron chi connectivity index (χ0n) is 12.2. The standard InChI is InChI=1S/C19H21N/c1-3-5-15-6-8-16(9-7-15)10-11-17-12-13-19(20)18(4-2)14-17/h6-9,12-14H,3-5,20H2,1-2H3. The van der Waals surface area contributed by atoms with Crippen molar-refractivity contribution in [1.29, 1.82) is 0 Å². The summed E-state index contributed by atoms with van der Waals surface area (Å²) in [6.45, 7) is 4.30. The highest BCUT2D eigenvalue weighted by Gasteiger charge is 1.97. The first kappa shape index (κ1) is 14.2. The maximum atomic E-state index is 5.90. The fourth-order valence-corrected chi connectivity index (χ4v) is 2.18. The van der Waals surface area contributed by atoms with Crippen molar-refractivity contribution in [3.8, 4) is 11.8 Å². The van der Waals surface area contributed by atoms with Gasteiger partial charge in [0.05, 0.1) is 0 Å². The highest BCUT2D eigenvalue weighted by atomic mass is 14.6. The van der Waals surface area contributed by atoms with E-state index in [1.807, 2.05) is 12.1 Å². The molecule has 0 bridgehead atoms. The molecule has 0 saturated heterocycles. The third-order valence-corrected chi connectivity index (χ3v) is 3.37. The molecule has 0 aliphatic carbocycles. The molecule has 2 aromatic carbocycles. The van der Waals surface area contributed by atoms with Gasteiger partial charge in [0.1, 0.15) is 0 Å². The van der Waals surface area contributed by atoms with E-state index in [2.05, 4.69) is 56.0 Å². The van der Waals surface area contributed by atoms with E-state index in [0.29, 0.717) is 0 Å². The Morgan fingerprint density at radius 1 is 0.900 bits per heavy atom. The van der Waals surface area contributed by atoms with Crippen LogP contribution in [0.15, 0.2) is 42.5 Å². The van der Waals surface area contributed by atoms with E-state index in [1.165, 1.54) is 12.0 Å². The molecule has 1 heteroatoms. The Bertz CT molecular complexity index is 627. The van der Waals surface area contributed by atoms with Crippen molar-refractivity contribution in [3.05, 3.63) is 64.7 Å². The summed E-state index contributed by atoms with van der Waals surface area (Å²) in [6, 6.07) is 14.5. The Hall–Kier alpha value is -2.20. The van der Waals surface area contributed by atoms with Crippen LogP contribution in [0.2, 0.25) is 0 Å². The van der Waals surface area contributed by atoms with Crippen molar-refractivity contribution < 1.29 is 0 Å². The van der Waals surface area contributed by atoms with Crippen molar-refractivity contribution in [2.75, 3.05) is 5.73 Å². The Kier molecular flexibility index (Phi) is 4.85. The first-order chi connectivity index (χ1) is 9.72. The molecule has 0 aliphatic rings. The Morgan fingerprint density at radius 3 is 2.20 bits per heavy atom. The molecule has 0 amide bonds. The SMILES string of the molecule is CCCc1ccc(C#Cc2ccc(N)c(CC)c2)cc1. The third kappa shape index (κ3) is 3.65. The van der Waals surface area contributed by atoms with Gasteiger partial charge in [0, 0.05) is 16.8 Å². The van der Waals surface area contributed by atoms with Crippen LogP contribution in [-0.4, -0.2) is 0 Å². The number of benzene rings is 2. The molecule has 0 unspecified atom stereocenters. The molecule has 0 radical (unpaired) electrons. The minimum absolute atomic E-state index is 0.849. The fourth-order valence-electron chi connectivity index (χ4n) is 2.18. The molecule has 0 atom stereocenters. The van der Waals surface area contributed by atoms with Gasteiger partial charge in [-0.1, -0.05) is 44.2 Å². The van der Waals surface area contributed by atoms with Gasteiger partial charge in [0.15, 0.2) is 0 Å². The van der Waals surface area contributed by atoms with E-state index < -0.39 is 0 Å². The summed E-state index contributed by atoms with van der Waals surface area (Å²) in [7, 11) is 0. The van der Waals surface area contributed by atoms with E-state index in [4.69, 9.17) is 5.73 Å². The van der Waals surface area contributed by atoms with E-state index in [0.717, 1.165) is 35.2 Å². The summed E-state index contributed by atoms with van der Waals surface area (Å²) in [6.07, 6.45) is 3.24. The summed E-state index contributed by atoms with van der Waals surface area (Å²) < 4.78 is 0. The molecule has 0 aliphatic heterocycles. The quantitative estimate of drug-likeness (QED) is 0.652. The number of aryl methyl sites for hydroxylation is 2. The van der Waals surface area contributed by atoms with Crippen LogP contribution in [0.4, 0.5) is 5.69 Å². The smallest absolute Gasteiger partial charge is 0.0347 e. The third-order valence-electron chi connectivity index (χ3n) is 3.37. The topological polar surface area (TPSA) is 26.0 Å². The lowest BCUT2D eigenvalue weighted by Gasteiger charge is -2.02. The summed E-state index contributed by atoms with van der Waals surface area (Å²) >= 11 is 0. The van der Waals surface area contributed by atoms with Gasteiger partial charge < -0.3 is 5.73 Å². The molecule has 2 aromatic rings. The second kappa shape index (κ2) is 6.82. The van der Waals surface area contributed by atoms with Gasteiger partial charge in [-0.2, -0.15) is 0 Å². The van der Waals surface area contributed by atoms with E-state index in [9.17, 15) is 0 Å². The minimum atomic E-state index is 0.849. The van der Waals surface area contributed by atoms with Crippen LogP contribution < -0.4 is 5.73 Å². The molecular weight excluding hydrogens is 242 g/mol. The number of nitrogen functional groups attached to an aromatic ring is 1. The second-order valence-electron chi connectivity index (χ2n) is 4.96. The molecule has 1 nitrogen and oxygen atoms in total. The van der Waals surface area contributed by atoms with Gasteiger partial charge in [0.25, 0.3) is 0 Å². The molecule has 102 valence electrons. The van der Waals surface area contributed by atoms with Crippen molar-refractivity contribution in [2.24, 2.45) is 0 Å². The predicted molar refractivity (Wildman–Crippen MR) is 86.6 cm³/mol. The summed E-state index contributed by atoms with van der Waals surface area (Å²) in [5, 5.41) is 0. The van der Waals surface area contributed by atoms with Crippen LogP contribution in [0.5, 0.6) is 0 Å². The Balaban J connectivity index is 2.17. The van der Waals surface area contributed by atoms with Crippen LogP contribution in [0.1, 0.15) is 42.5 Å². The fraction of sp³-hybridized carbons (Fsp3) is 0.263. The molecule has 0 heterocycles. The van der Waals surface area contributed by atoms with Crippen molar-refractivity contribution in [2.45, 2.75) is 33.1 Å². The summed E-state index contributed by atoms with van der Waals surface area (Å²) in [5.74, 6) is 6.42. The lowest BCUT2D eigenvalue weighted by molar-refractivity contribution is 0.922. The molecule has 0 spiro atoms. The van der Waals surface area contributed by atoms with Crippen LogP contribution in [-0.2, 0) is 12.8 Å². The first-order valence-electron chi connectivity index (χ1n) is 7.22. The average molecular weight is 263 g/mol. The number of hydrogen-bond donors (Lipinski definition) is 1. The Morgan fingerprint density at radius 2 is 1.55 bits per heavy atom. The maximum Gasteiger partial charge on any atom is 0.0347 e. The number of rotatable bonds is 3. The van der Waals surface area contributed by atoms with Gasteiger partial charge in [0.2, 0.25) is 0 Å². The van der Waals surface area contributed by atoms with E-state index in [-0.39, 0.29) is 0 Å². The largest absolute Gasteiger partial charge is 0.399 e. The average Bonchev–Trinajstić information content (AvgIpc) is 2.48. The van der Waals surface area contributed by atoms with Crippen molar-refractivity contribution in [1.82, 2.24) is 0 Å².